The lowest BCUT2D eigenvalue weighted by molar-refractivity contribution is 0.160. The molecule has 1 unspecified atom stereocenters. The summed E-state index contributed by atoms with van der Waals surface area (Å²) >= 11 is 5.02. The first-order chi connectivity index (χ1) is 8.25. The Balaban J connectivity index is 1.62. The fourth-order valence-corrected chi connectivity index (χ4v) is 3.48. The van der Waals surface area contributed by atoms with Gasteiger partial charge in [0.1, 0.15) is 4.60 Å². The molecule has 1 N–H and O–H groups in total. The number of hydrogen-bond acceptors (Lipinski definition) is 4. The number of likely N-dealkylation sites (tertiary alicyclic amines) is 1. The predicted molar refractivity (Wildman–Crippen MR) is 77.8 cm³/mol. The summed E-state index contributed by atoms with van der Waals surface area (Å²) in [7, 11) is 0. The molecule has 1 aromatic heterocycles. The summed E-state index contributed by atoms with van der Waals surface area (Å²) in [6.07, 6.45) is 5.34. The highest BCUT2D eigenvalue weighted by Crippen LogP contribution is 2.19. The number of nitrogens with one attached hydrogen (secondary N) is 1. The number of hydrogen-bond donors (Lipinski definition) is 1. The second kappa shape index (κ2) is 6.71. The molecule has 1 atom stereocenters. The topological polar surface area (TPSA) is 28.2 Å². The van der Waals surface area contributed by atoms with E-state index in [0.29, 0.717) is 0 Å². The van der Waals surface area contributed by atoms with Crippen LogP contribution in [0.1, 0.15) is 32.6 Å². The molecule has 5 heteroatoms. The van der Waals surface area contributed by atoms with Crippen LogP contribution in [0.3, 0.4) is 0 Å². The van der Waals surface area contributed by atoms with Crippen molar-refractivity contribution in [3.05, 3.63) is 9.98 Å². The van der Waals surface area contributed by atoms with Crippen molar-refractivity contribution in [1.82, 2.24) is 9.88 Å². The fraction of sp³-hybridized carbons (Fsp3) is 0.750. The molecule has 0 aromatic carbocycles. The number of nitrogens with zero attached hydrogens (tertiary/aromatic N) is 2. The second-order valence-electron chi connectivity index (χ2n) is 4.64. The molecule has 1 aliphatic rings. The normalized spacial score (nSPS) is 21.6. The Labute approximate surface area is 116 Å². The number of anilines is 1. The van der Waals surface area contributed by atoms with Crippen LogP contribution in [0.5, 0.6) is 0 Å². The zero-order valence-corrected chi connectivity index (χ0v) is 12.7. The van der Waals surface area contributed by atoms with Gasteiger partial charge >= 0.3 is 0 Å². The van der Waals surface area contributed by atoms with Gasteiger partial charge in [0.2, 0.25) is 0 Å². The molecule has 2 rings (SSSR count). The molecule has 1 aliphatic heterocycles. The number of thiazole rings is 1. The first-order valence-electron chi connectivity index (χ1n) is 6.34. The van der Waals surface area contributed by atoms with Crippen molar-refractivity contribution in [3.8, 4) is 0 Å². The third-order valence-corrected chi connectivity index (χ3v) is 4.82. The van der Waals surface area contributed by atoms with Crippen LogP contribution >= 0.6 is 27.3 Å². The Morgan fingerprint density at radius 3 is 3.18 bits per heavy atom. The number of piperidine rings is 1. The molecule has 0 aliphatic carbocycles. The SMILES string of the molecule is CC1CCCCN1CCCNc1nc(Br)cs1. The van der Waals surface area contributed by atoms with E-state index < -0.39 is 0 Å². The van der Waals surface area contributed by atoms with Gasteiger partial charge in [-0.05, 0) is 48.7 Å². The number of rotatable bonds is 5. The third kappa shape index (κ3) is 4.23. The van der Waals surface area contributed by atoms with Gasteiger partial charge in [-0.15, -0.1) is 11.3 Å². The minimum Gasteiger partial charge on any atom is -0.361 e. The number of aromatic nitrogens is 1. The van der Waals surface area contributed by atoms with Gasteiger partial charge in [0.15, 0.2) is 5.13 Å². The lowest BCUT2D eigenvalue weighted by atomic mass is 10.0. The van der Waals surface area contributed by atoms with Crippen LogP contribution in [0.15, 0.2) is 9.98 Å². The molecular weight excluding hydrogens is 298 g/mol. The summed E-state index contributed by atoms with van der Waals surface area (Å²) in [4.78, 5) is 6.93. The van der Waals surface area contributed by atoms with Crippen molar-refractivity contribution in [3.63, 3.8) is 0 Å². The summed E-state index contributed by atoms with van der Waals surface area (Å²) in [6.45, 7) is 5.86. The Hall–Kier alpha value is -0.130. The molecule has 0 amide bonds. The minimum atomic E-state index is 0.776. The second-order valence-corrected chi connectivity index (χ2v) is 6.31. The predicted octanol–water partition coefficient (Wildman–Crippen LogP) is 3.58. The van der Waals surface area contributed by atoms with E-state index in [4.69, 9.17) is 0 Å². The van der Waals surface area contributed by atoms with Gasteiger partial charge in [-0.1, -0.05) is 6.42 Å². The van der Waals surface area contributed by atoms with Crippen LogP contribution in [-0.2, 0) is 0 Å². The summed E-state index contributed by atoms with van der Waals surface area (Å²) in [6, 6.07) is 0.776. The highest BCUT2D eigenvalue weighted by molar-refractivity contribution is 9.10. The van der Waals surface area contributed by atoms with Gasteiger partial charge in [-0.3, -0.25) is 0 Å². The van der Waals surface area contributed by atoms with Crippen molar-refractivity contribution >= 4 is 32.4 Å². The lowest BCUT2D eigenvalue weighted by Crippen LogP contribution is -2.38. The zero-order valence-electron chi connectivity index (χ0n) is 10.3. The van der Waals surface area contributed by atoms with Gasteiger partial charge in [0.25, 0.3) is 0 Å². The monoisotopic (exact) mass is 317 g/mol. The minimum absolute atomic E-state index is 0.776. The van der Waals surface area contributed by atoms with Crippen LogP contribution in [0.25, 0.3) is 0 Å². The maximum atomic E-state index is 4.32. The Bertz CT molecular complexity index is 342. The van der Waals surface area contributed by atoms with Crippen LogP contribution in [0.2, 0.25) is 0 Å². The largest absolute Gasteiger partial charge is 0.361 e. The van der Waals surface area contributed by atoms with E-state index in [2.05, 4.69) is 38.1 Å². The van der Waals surface area contributed by atoms with Crippen LogP contribution in [0, 0.1) is 0 Å². The van der Waals surface area contributed by atoms with Gasteiger partial charge in [0.05, 0.1) is 0 Å². The van der Waals surface area contributed by atoms with E-state index in [9.17, 15) is 0 Å². The zero-order chi connectivity index (χ0) is 12.1. The first kappa shape index (κ1) is 13.3. The summed E-state index contributed by atoms with van der Waals surface area (Å²) < 4.78 is 0.926. The molecule has 1 saturated heterocycles. The van der Waals surface area contributed by atoms with E-state index in [1.54, 1.807) is 11.3 Å². The first-order valence-corrected chi connectivity index (χ1v) is 8.02. The summed E-state index contributed by atoms with van der Waals surface area (Å²) in [5.74, 6) is 0. The van der Waals surface area contributed by atoms with Crippen LogP contribution in [0.4, 0.5) is 5.13 Å². The molecule has 1 fully saturated rings. The van der Waals surface area contributed by atoms with Crippen LogP contribution in [-0.4, -0.2) is 35.6 Å². The lowest BCUT2D eigenvalue weighted by Gasteiger charge is -2.33. The van der Waals surface area contributed by atoms with E-state index >= 15 is 0 Å². The van der Waals surface area contributed by atoms with Gasteiger partial charge in [-0.2, -0.15) is 0 Å². The fourth-order valence-electron chi connectivity index (χ4n) is 2.30. The molecule has 2 heterocycles. The Kier molecular flexibility index (Phi) is 5.25. The van der Waals surface area contributed by atoms with Gasteiger partial charge in [0, 0.05) is 24.5 Å². The molecular formula is C12H20BrN3S. The number of halogens is 1. The van der Waals surface area contributed by atoms with Crippen molar-refractivity contribution in [2.24, 2.45) is 0 Å². The molecule has 17 heavy (non-hydrogen) atoms. The summed E-state index contributed by atoms with van der Waals surface area (Å²) in [5, 5.41) is 6.40. The standard InChI is InChI=1S/C12H20BrN3S/c1-10-5-2-3-7-16(10)8-4-6-14-12-15-11(13)9-17-12/h9-10H,2-8H2,1H3,(H,14,15). The van der Waals surface area contributed by atoms with Crippen molar-refractivity contribution in [2.75, 3.05) is 25.0 Å². The molecule has 1 aromatic rings. The van der Waals surface area contributed by atoms with Crippen molar-refractivity contribution in [2.45, 2.75) is 38.6 Å². The third-order valence-electron chi connectivity index (χ3n) is 3.32. The quantitative estimate of drug-likeness (QED) is 0.841. The Morgan fingerprint density at radius 1 is 1.59 bits per heavy atom. The Morgan fingerprint density at radius 2 is 2.47 bits per heavy atom. The van der Waals surface area contributed by atoms with E-state index in [1.165, 1.54) is 38.8 Å². The van der Waals surface area contributed by atoms with Crippen molar-refractivity contribution in [1.29, 1.82) is 0 Å². The van der Waals surface area contributed by atoms with E-state index in [0.717, 1.165) is 22.3 Å². The molecule has 0 saturated carbocycles. The maximum absolute atomic E-state index is 4.32. The average Bonchev–Trinajstić information content (AvgIpc) is 2.73. The van der Waals surface area contributed by atoms with Gasteiger partial charge < -0.3 is 10.2 Å². The highest BCUT2D eigenvalue weighted by atomic mass is 79.9. The van der Waals surface area contributed by atoms with Crippen LogP contribution < -0.4 is 5.32 Å². The molecule has 3 nitrogen and oxygen atoms in total. The maximum Gasteiger partial charge on any atom is 0.183 e. The molecule has 0 radical (unpaired) electrons. The average molecular weight is 318 g/mol. The highest BCUT2D eigenvalue weighted by Gasteiger charge is 2.16. The summed E-state index contributed by atoms with van der Waals surface area (Å²) in [5.41, 5.74) is 0. The molecule has 0 bridgehead atoms. The van der Waals surface area contributed by atoms with Gasteiger partial charge in [-0.25, -0.2) is 4.98 Å². The molecule has 96 valence electrons. The van der Waals surface area contributed by atoms with Crippen molar-refractivity contribution < 1.29 is 0 Å². The smallest absolute Gasteiger partial charge is 0.183 e. The molecule has 0 spiro atoms. The van der Waals surface area contributed by atoms with E-state index in [-0.39, 0.29) is 0 Å². The van der Waals surface area contributed by atoms with E-state index in [1.807, 2.05) is 5.38 Å².